The summed E-state index contributed by atoms with van der Waals surface area (Å²) in [6.45, 7) is 0.235. The number of carbonyl (C=O) groups excluding carboxylic acids is 2. The van der Waals surface area contributed by atoms with E-state index >= 15 is 0 Å². The highest BCUT2D eigenvalue weighted by molar-refractivity contribution is 9.11. The molecule has 0 aromatic heterocycles. The number of nitrogens with one attached hydrogen (secondary N) is 1. The van der Waals surface area contributed by atoms with Gasteiger partial charge in [-0.2, -0.15) is 5.01 Å². The first-order valence-corrected chi connectivity index (χ1v) is 14.0. The molecular weight excluding hydrogens is 687 g/mol. The van der Waals surface area contributed by atoms with E-state index < -0.39 is 11.8 Å². The maximum atomic E-state index is 13.0. The van der Waals surface area contributed by atoms with E-state index in [1.807, 2.05) is 12.1 Å². The summed E-state index contributed by atoms with van der Waals surface area (Å²) in [6.07, 6.45) is 1.69. The van der Waals surface area contributed by atoms with Crippen LogP contribution in [-0.2, 0) is 11.4 Å². The molecule has 37 heavy (non-hydrogen) atoms. The van der Waals surface area contributed by atoms with Crippen LogP contribution in [0.4, 0.5) is 0 Å². The lowest BCUT2D eigenvalue weighted by atomic mass is 10.2. The predicted octanol–water partition coefficient (Wildman–Crippen LogP) is 7.65. The van der Waals surface area contributed by atoms with Crippen LogP contribution in [0.25, 0.3) is 6.08 Å². The monoisotopic (exact) mass is 700 g/mol. The first-order chi connectivity index (χ1) is 17.7. The second-order valence-corrected chi connectivity index (χ2v) is 11.8. The Morgan fingerprint density at radius 3 is 2.41 bits per heavy atom. The van der Waals surface area contributed by atoms with Crippen LogP contribution >= 0.6 is 79.0 Å². The number of thioether (sulfide) groups is 1. The highest BCUT2D eigenvalue weighted by Crippen LogP contribution is 2.38. The van der Waals surface area contributed by atoms with Crippen molar-refractivity contribution in [3.05, 3.63) is 95.2 Å². The van der Waals surface area contributed by atoms with Crippen molar-refractivity contribution in [1.29, 1.82) is 0 Å². The Bertz CT molecular complexity index is 1410. The van der Waals surface area contributed by atoms with Gasteiger partial charge in [-0.1, -0.05) is 41.0 Å². The molecule has 0 bridgehead atoms. The summed E-state index contributed by atoms with van der Waals surface area (Å²) in [5.74, 6) is 0.296. The van der Waals surface area contributed by atoms with Crippen molar-refractivity contribution in [2.24, 2.45) is 0 Å². The van der Waals surface area contributed by atoms with Crippen molar-refractivity contribution in [3.63, 3.8) is 0 Å². The van der Waals surface area contributed by atoms with Gasteiger partial charge in [0, 0.05) is 21.2 Å². The zero-order valence-electron chi connectivity index (χ0n) is 18.9. The summed E-state index contributed by atoms with van der Waals surface area (Å²) < 4.78 is 12.6. The highest BCUT2D eigenvalue weighted by Gasteiger charge is 2.34. The molecule has 0 aliphatic carbocycles. The number of benzene rings is 3. The number of hydrazine groups is 1. The molecule has 0 unspecified atom stereocenters. The molecule has 0 saturated carbocycles. The number of thiocarbonyl (C=S) groups is 1. The number of amides is 2. The summed E-state index contributed by atoms with van der Waals surface area (Å²) in [6, 6.07) is 15.3. The Morgan fingerprint density at radius 1 is 1.11 bits per heavy atom. The lowest BCUT2D eigenvalue weighted by Gasteiger charge is -2.15. The van der Waals surface area contributed by atoms with E-state index in [-0.39, 0.29) is 10.9 Å². The average molecular weight is 703 g/mol. The normalized spacial score (nSPS) is 14.3. The minimum absolute atomic E-state index is 0.219. The molecule has 6 nitrogen and oxygen atoms in total. The van der Waals surface area contributed by atoms with Crippen molar-refractivity contribution in [1.82, 2.24) is 10.4 Å². The Hall–Kier alpha value is -2.08. The van der Waals surface area contributed by atoms with Gasteiger partial charge >= 0.3 is 0 Å². The molecule has 3 aromatic carbocycles. The van der Waals surface area contributed by atoms with Gasteiger partial charge in [-0.05, 0) is 104 Å². The van der Waals surface area contributed by atoms with Gasteiger partial charge in [0.1, 0.15) is 18.1 Å². The molecule has 1 fully saturated rings. The van der Waals surface area contributed by atoms with Gasteiger partial charge in [0.25, 0.3) is 11.8 Å². The summed E-state index contributed by atoms with van der Waals surface area (Å²) in [7, 11) is 1.54. The molecular formula is C25H16Br2Cl2N2O4S2. The van der Waals surface area contributed by atoms with Crippen LogP contribution in [0.5, 0.6) is 11.5 Å². The average Bonchev–Trinajstić information content (AvgIpc) is 3.11. The third kappa shape index (κ3) is 6.68. The van der Waals surface area contributed by atoms with E-state index in [1.165, 1.54) is 7.11 Å². The van der Waals surface area contributed by atoms with Crippen LogP contribution < -0.4 is 14.9 Å². The molecule has 1 aliphatic heterocycles. The quantitative estimate of drug-likeness (QED) is 0.202. The minimum atomic E-state index is -0.465. The molecule has 1 N–H and O–H groups in total. The molecule has 1 heterocycles. The molecule has 0 radical (unpaired) electrons. The number of carbonyl (C=O) groups is 2. The van der Waals surface area contributed by atoms with Crippen LogP contribution in [0.3, 0.4) is 0 Å². The number of halogens is 4. The number of rotatable bonds is 7. The highest BCUT2D eigenvalue weighted by atomic mass is 79.9. The van der Waals surface area contributed by atoms with E-state index in [0.717, 1.165) is 27.9 Å². The first-order valence-electron chi connectivity index (χ1n) is 10.4. The molecule has 2 amide bonds. The van der Waals surface area contributed by atoms with Gasteiger partial charge in [0.05, 0.1) is 21.0 Å². The largest absolute Gasteiger partial charge is 0.497 e. The fraction of sp³-hybridized carbons (Fsp3) is 0.0800. The summed E-state index contributed by atoms with van der Waals surface area (Å²) in [5.41, 5.74) is 4.43. The van der Waals surface area contributed by atoms with Crippen molar-refractivity contribution >= 4 is 101 Å². The first kappa shape index (κ1) is 27.9. The zero-order chi connectivity index (χ0) is 26.7. The molecule has 1 aliphatic rings. The smallest absolute Gasteiger partial charge is 0.285 e. The number of methoxy groups -OCH3 is 1. The van der Waals surface area contributed by atoms with Gasteiger partial charge < -0.3 is 9.47 Å². The van der Waals surface area contributed by atoms with Gasteiger partial charge in [-0.25, -0.2) is 0 Å². The van der Waals surface area contributed by atoms with E-state index in [0.29, 0.717) is 41.0 Å². The minimum Gasteiger partial charge on any atom is -0.497 e. The molecule has 190 valence electrons. The van der Waals surface area contributed by atoms with Crippen LogP contribution in [0, 0.1) is 0 Å². The van der Waals surface area contributed by atoms with Crippen LogP contribution in [0.2, 0.25) is 10.0 Å². The number of hydrogen-bond acceptors (Lipinski definition) is 6. The molecule has 1 saturated heterocycles. The molecule has 4 rings (SSSR count). The van der Waals surface area contributed by atoms with Gasteiger partial charge in [-0.3, -0.25) is 15.0 Å². The summed E-state index contributed by atoms with van der Waals surface area (Å²) in [5, 5.41) is 2.12. The van der Waals surface area contributed by atoms with Gasteiger partial charge in [-0.15, -0.1) is 0 Å². The molecule has 0 atom stereocenters. The van der Waals surface area contributed by atoms with Crippen molar-refractivity contribution in [2.75, 3.05) is 7.11 Å². The van der Waals surface area contributed by atoms with Gasteiger partial charge in [0.15, 0.2) is 4.32 Å². The molecule has 3 aromatic rings. The Balaban J connectivity index is 1.47. The zero-order valence-corrected chi connectivity index (χ0v) is 25.2. The second-order valence-electron chi connectivity index (χ2n) is 7.52. The Labute approximate surface area is 249 Å². The standard InChI is InChI=1S/C25H16Br2Cl2N2O4S2/c1-34-17-6-3-14(4-7-17)23(32)30-31-24(33)21(37-25(31)36)10-13-8-18(26)22(19(27)9-13)35-12-15-2-5-16(28)11-20(15)29/h2-11H,12H2,1H3,(H,30,32)/b21-10+. The van der Waals surface area contributed by atoms with Crippen molar-refractivity contribution in [3.8, 4) is 11.5 Å². The second kappa shape index (κ2) is 12.2. The summed E-state index contributed by atoms with van der Waals surface area (Å²) in [4.78, 5) is 26.0. The summed E-state index contributed by atoms with van der Waals surface area (Å²) >= 11 is 25.7. The van der Waals surface area contributed by atoms with E-state index in [4.69, 9.17) is 44.9 Å². The lowest BCUT2D eigenvalue weighted by Crippen LogP contribution is -2.44. The van der Waals surface area contributed by atoms with Crippen LogP contribution in [0.1, 0.15) is 21.5 Å². The number of nitrogens with zero attached hydrogens (tertiary/aromatic N) is 1. The predicted molar refractivity (Wildman–Crippen MR) is 158 cm³/mol. The Morgan fingerprint density at radius 2 is 1.78 bits per heavy atom. The van der Waals surface area contributed by atoms with E-state index in [1.54, 1.807) is 48.5 Å². The van der Waals surface area contributed by atoms with E-state index in [2.05, 4.69) is 37.3 Å². The molecule has 12 heteroatoms. The van der Waals surface area contributed by atoms with Crippen LogP contribution in [-0.4, -0.2) is 28.3 Å². The van der Waals surface area contributed by atoms with Crippen molar-refractivity contribution in [2.45, 2.75) is 6.61 Å². The number of hydrogen-bond donors (Lipinski definition) is 1. The van der Waals surface area contributed by atoms with E-state index in [9.17, 15) is 9.59 Å². The van der Waals surface area contributed by atoms with Crippen LogP contribution in [0.15, 0.2) is 68.4 Å². The van der Waals surface area contributed by atoms with Crippen molar-refractivity contribution < 1.29 is 19.1 Å². The topological polar surface area (TPSA) is 67.9 Å². The third-order valence-electron chi connectivity index (χ3n) is 5.06. The SMILES string of the molecule is COc1ccc(C(=O)NN2C(=O)/C(=C\c3cc(Br)c(OCc4ccc(Cl)cc4Cl)c(Br)c3)SC2=S)cc1. The third-order valence-corrected chi connectivity index (χ3v) is 8.13. The van der Waals surface area contributed by atoms with Gasteiger partial charge in [0.2, 0.25) is 0 Å². The lowest BCUT2D eigenvalue weighted by molar-refractivity contribution is -0.123. The fourth-order valence-electron chi connectivity index (χ4n) is 3.21. The Kier molecular flexibility index (Phi) is 9.20. The maximum absolute atomic E-state index is 13.0. The fourth-order valence-corrected chi connectivity index (χ4v) is 6.31. The maximum Gasteiger partial charge on any atom is 0.285 e. The number of ether oxygens (including phenoxy) is 2. The molecule has 0 spiro atoms.